The molecule has 1 fully saturated rings. The van der Waals surface area contributed by atoms with Crippen LogP contribution in [0.2, 0.25) is 0 Å². The molecule has 2 nitrogen and oxygen atoms in total. The van der Waals surface area contributed by atoms with Gasteiger partial charge in [0, 0.05) is 19.1 Å². The minimum atomic E-state index is 0.535. The van der Waals surface area contributed by atoms with Crippen LogP contribution in [0.5, 0.6) is 0 Å². The maximum Gasteiger partial charge on any atom is 0.00665 e. The van der Waals surface area contributed by atoms with Crippen LogP contribution in [0.1, 0.15) is 59.8 Å². The van der Waals surface area contributed by atoms with Crippen molar-refractivity contribution in [3.63, 3.8) is 0 Å². The van der Waals surface area contributed by atoms with Crippen LogP contribution in [0.3, 0.4) is 0 Å². The van der Waals surface area contributed by atoms with Crippen molar-refractivity contribution in [3.05, 3.63) is 0 Å². The predicted octanol–water partition coefficient (Wildman–Crippen LogP) is 3.52. The summed E-state index contributed by atoms with van der Waals surface area (Å²) in [6.07, 6.45) is 6.76. The average molecular weight is 254 g/mol. The van der Waals surface area contributed by atoms with Crippen LogP contribution in [0.15, 0.2) is 0 Å². The first kappa shape index (κ1) is 16.0. The van der Waals surface area contributed by atoms with Crippen molar-refractivity contribution in [2.75, 3.05) is 26.7 Å². The second kappa shape index (κ2) is 7.49. The lowest BCUT2D eigenvalue weighted by Gasteiger charge is -2.42. The Balaban J connectivity index is 2.54. The van der Waals surface area contributed by atoms with E-state index in [0.717, 1.165) is 5.92 Å². The van der Waals surface area contributed by atoms with Gasteiger partial charge in [0.05, 0.1) is 0 Å². The number of hydrogen-bond acceptors (Lipinski definition) is 2. The third-order valence-electron chi connectivity index (χ3n) is 4.49. The molecule has 0 aliphatic carbocycles. The minimum absolute atomic E-state index is 0.535. The molecular weight excluding hydrogens is 220 g/mol. The van der Waals surface area contributed by atoms with E-state index in [0.29, 0.717) is 11.5 Å². The molecule has 1 aliphatic heterocycles. The second-order valence-corrected chi connectivity index (χ2v) is 6.92. The van der Waals surface area contributed by atoms with Gasteiger partial charge in [-0.05, 0) is 57.5 Å². The van der Waals surface area contributed by atoms with Gasteiger partial charge < -0.3 is 10.2 Å². The highest BCUT2D eigenvalue weighted by Crippen LogP contribution is 2.33. The maximum atomic E-state index is 3.62. The van der Waals surface area contributed by atoms with E-state index in [9.17, 15) is 0 Å². The van der Waals surface area contributed by atoms with E-state index in [1.54, 1.807) is 0 Å². The molecule has 1 N–H and O–H groups in total. The average Bonchev–Trinajstić information content (AvgIpc) is 2.29. The third kappa shape index (κ3) is 4.89. The van der Waals surface area contributed by atoms with Gasteiger partial charge in [-0.1, -0.05) is 27.2 Å². The predicted molar refractivity (Wildman–Crippen MR) is 81.0 cm³/mol. The number of piperidine rings is 1. The molecule has 2 heteroatoms. The number of rotatable bonds is 7. The van der Waals surface area contributed by atoms with Crippen molar-refractivity contribution < 1.29 is 0 Å². The molecule has 0 radical (unpaired) electrons. The van der Waals surface area contributed by atoms with E-state index in [2.05, 4.69) is 45.0 Å². The minimum Gasteiger partial charge on any atom is -0.316 e. The van der Waals surface area contributed by atoms with Gasteiger partial charge in [-0.15, -0.1) is 0 Å². The SMILES string of the molecule is CCCC1(CN(C)C(C)CC(C)C)CCCNC1. The highest BCUT2D eigenvalue weighted by Gasteiger charge is 2.33. The molecule has 0 spiro atoms. The lowest BCUT2D eigenvalue weighted by atomic mass is 9.76. The molecule has 0 aromatic rings. The molecule has 0 saturated carbocycles. The zero-order chi connectivity index (χ0) is 13.6. The van der Waals surface area contributed by atoms with Crippen molar-refractivity contribution in [1.82, 2.24) is 10.2 Å². The van der Waals surface area contributed by atoms with Gasteiger partial charge in [0.2, 0.25) is 0 Å². The summed E-state index contributed by atoms with van der Waals surface area (Å²) in [5.74, 6) is 0.800. The van der Waals surface area contributed by atoms with Gasteiger partial charge in [0.1, 0.15) is 0 Å². The van der Waals surface area contributed by atoms with Gasteiger partial charge in [0.25, 0.3) is 0 Å². The summed E-state index contributed by atoms with van der Waals surface area (Å²) in [5, 5.41) is 3.62. The Morgan fingerprint density at radius 1 is 1.28 bits per heavy atom. The third-order valence-corrected chi connectivity index (χ3v) is 4.49. The monoisotopic (exact) mass is 254 g/mol. The fourth-order valence-corrected chi connectivity index (χ4v) is 3.54. The number of hydrogen-bond donors (Lipinski definition) is 1. The van der Waals surface area contributed by atoms with Gasteiger partial charge in [0.15, 0.2) is 0 Å². The summed E-state index contributed by atoms with van der Waals surface area (Å²) in [4.78, 5) is 2.60. The zero-order valence-electron chi connectivity index (χ0n) is 13.3. The van der Waals surface area contributed by atoms with E-state index < -0.39 is 0 Å². The topological polar surface area (TPSA) is 15.3 Å². The summed E-state index contributed by atoms with van der Waals surface area (Å²) in [7, 11) is 2.32. The van der Waals surface area contributed by atoms with Gasteiger partial charge >= 0.3 is 0 Å². The molecule has 0 aromatic carbocycles. The molecule has 108 valence electrons. The molecule has 0 bridgehead atoms. The summed E-state index contributed by atoms with van der Waals surface area (Å²) in [6.45, 7) is 13.1. The quantitative estimate of drug-likeness (QED) is 0.748. The van der Waals surface area contributed by atoms with Crippen molar-refractivity contribution in [1.29, 1.82) is 0 Å². The highest BCUT2D eigenvalue weighted by atomic mass is 15.1. The Hall–Kier alpha value is -0.0800. The van der Waals surface area contributed by atoms with Crippen LogP contribution in [0.25, 0.3) is 0 Å². The first-order chi connectivity index (χ1) is 8.49. The molecule has 1 saturated heterocycles. The largest absolute Gasteiger partial charge is 0.316 e. The molecular formula is C16H34N2. The smallest absolute Gasteiger partial charge is 0.00665 e. The zero-order valence-corrected chi connectivity index (χ0v) is 13.3. The molecule has 1 heterocycles. The van der Waals surface area contributed by atoms with E-state index in [1.807, 2.05) is 0 Å². The van der Waals surface area contributed by atoms with Crippen molar-refractivity contribution in [2.24, 2.45) is 11.3 Å². The fraction of sp³-hybridized carbons (Fsp3) is 1.00. The lowest BCUT2D eigenvalue weighted by molar-refractivity contribution is 0.0942. The summed E-state index contributed by atoms with van der Waals surface area (Å²) in [5.41, 5.74) is 0.535. The van der Waals surface area contributed by atoms with Crippen LogP contribution in [-0.2, 0) is 0 Å². The summed E-state index contributed by atoms with van der Waals surface area (Å²) >= 11 is 0. The van der Waals surface area contributed by atoms with E-state index >= 15 is 0 Å². The van der Waals surface area contributed by atoms with E-state index in [-0.39, 0.29) is 0 Å². The standard InChI is InChI=1S/C16H34N2/c1-6-8-16(9-7-10-17-12-16)13-18(5)15(4)11-14(2)3/h14-15,17H,6-13H2,1-5H3. The first-order valence-corrected chi connectivity index (χ1v) is 7.90. The molecule has 18 heavy (non-hydrogen) atoms. The Kier molecular flexibility index (Phi) is 6.65. The highest BCUT2D eigenvalue weighted by molar-refractivity contribution is 4.88. The summed E-state index contributed by atoms with van der Waals surface area (Å²) in [6, 6.07) is 0.709. The van der Waals surface area contributed by atoms with Crippen LogP contribution < -0.4 is 5.32 Å². The number of nitrogens with one attached hydrogen (secondary N) is 1. The molecule has 2 unspecified atom stereocenters. The molecule has 1 aliphatic rings. The van der Waals surface area contributed by atoms with Crippen LogP contribution in [0, 0.1) is 11.3 Å². The van der Waals surface area contributed by atoms with Crippen molar-refractivity contribution in [3.8, 4) is 0 Å². The van der Waals surface area contributed by atoms with Gasteiger partial charge in [-0.2, -0.15) is 0 Å². The van der Waals surface area contributed by atoms with Crippen molar-refractivity contribution >= 4 is 0 Å². The molecule has 0 amide bonds. The van der Waals surface area contributed by atoms with Crippen LogP contribution in [-0.4, -0.2) is 37.6 Å². The lowest BCUT2D eigenvalue weighted by Crippen LogP contribution is -2.48. The Morgan fingerprint density at radius 3 is 2.50 bits per heavy atom. The molecule has 0 aromatic heterocycles. The fourth-order valence-electron chi connectivity index (χ4n) is 3.54. The maximum absolute atomic E-state index is 3.62. The normalized spacial score (nSPS) is 26.8. The number of nitrogens with zero attached hydrogens (tertiary/aromatic N) is 1. The Bertz CT molecular complexity index is 214. The first-order valence-electron chi connectivity index (χ1n) is 7.90. The van der Waals surface area contributed by atoms with Crippen LogP contribution >= 0.6 is 0 Å². The second-order valence-electron chi connectivity index (χ2n) is 6.92. The van der Waals surface area contributed by atoms with Crippen molar-refractivity contribution in [2.45, 2.75) is 65.8 Å². The Morgan fingerprint density at radius 2 is 2.00 bits per heavy atom. The summed E-state index contributed by atoms with van der Waals surface area (Å²) < 4.78 is 0. The van der Waals surface area contributed by atoms with Gasteiger partial charge in [-0.25, -0.2) is 0 Å². The van der Waals surface area contributed by atoms with Crippen LogP contribution in [0.4, 0.5) is 0 Å². The van der Waals surface area contributed by atoms with E-state index in [1.165, 1.54) is 51.7 Å². The molecule has 2 atom stereocenters. The molecule has 1 rings (SSSR count). The Labute approximate surface area is 115 Å². The van der Waals surface area contributed by atoms with Gasteiger partial charge in [-0.3, -0.25) is 0 Å². The van der Waals surface area contributed by atoms with E-state index in [4.69, 9.17) is 0 Å².